The first-order chi connectivity index (χ1) is 8.18. The molecule has 0 radical (unpaired) electrons. The van der Waals surface area contributed by atoms with Gasteiger partial charge in [-0.05, 0) is 50.0 Å². The van der Waals surface area contributed by atoms with E-state index < -0.39 is 12.6 Å². The van der Waals surface area contributed by atoms with Crippen LogP contribution in [0.25, 0.3) is 0 Å². The molecule has 0 aromatic heterocycles. The van der Waals surface area contributed by atoms with Crippen LogP contribution in [0.15, 0.2) is 0 Å². The highest BCUT2D eigenvalue weighted by molar-refractivity contribution is 4.83. The lowest BCUT2D eigenvalue weighted by atomic mass is 9.71. The predicted octanol–water partition coefficient (Wildman–Crippen LogP) is 4.52. The first kappa shape index (κ1) is 15.8. The fourth-order valence-corrected chi connectivity index (χ4v) is 2.76. The van der Waals surface area contributed by atoms with Crippen LogP contribution in [0.5, 0.6) is 0 Å². The van der Waals surface area contributed by atoms with Gasteiger partial charge in [-0.3, -0.25) is 0 Å². The van der Waals surface area contributed by atoms with Gasteiger partial charge in [0.2, 0.25) is 0 Å². The van der Waals surface area contributed by atoms with Crippen molar-refractivity contribution >= 4 is 0 Å². The average Bonchev–Trinajstić information content (AvgIpc) is 2.22. The van der Waals surface area contributed by atoms with Crippen LogP contribution in [0, 0.1) is 11.3 Å². The summed E-state index contributed by atoms with van der Waals surface area (Å²) >= 11 is 0. The van der Waals surface area contributed by atoms with Crippen molar-refractivity contribution in [1.29, 1.82) is 0 Å². The Bertz CT molecular complexity index is 234. The molecule has 0 unspecified atom stereocenters. The average molecular weight is 265 g/mol. The predicted molar refractivity (Wildman–Crippen MR) is 68.5 cm³/mol. The van der Waals surface area contributed by atoms with E-state index in [-0.39, 0.29) is 6.42 Å². The Kier molecular flexibility index (Phi) is 5.50. The normalized spacial score (nSPS) is 26.3. The summed E-state index contributed by atoms with van der Waals surface area (Å²) in [5.41, 5.74) is 0.362. The van der Waals surface area contributed by atoms with E-state index in [4.69, 9.17) is 0 Å². The van der Waals surface area contributed by atoms with Gasteiger partial charge in [-0.15, -0.1) is 0 Å². The van der Waals surface area contributed by atoms with Gasteiger partial charge in [-0.25, -0.2) is 0 Å². The van der Waals surface area contributed by atoms with E-state index in [0.29, 0.717) is 18.0 Å². The summed E-state index contributed by atoms with van der Waals surface area (Å²) < 4.78 is 35.9. The van der Waals surface area contributed by atoms with Crippen LogP contribution in [0.4, 0.5) is 13.2 Å². The fraction of sp³-hybridized carbons (Fsp3) is 1.00. The van der Waals surface area contributed by atoms with E-state index in [9.17, 15) is 13.2 Å². The molecule has 4 heteroatoms. The number of nitrogens with one attached hydrogen (secondary N) is 1. The standard InChI is InChI=1S/C14H26F3N/c1-13(2,3)11-5-7-12(8-6-11)18-10-4-9-14(15,16)17/h11-12,18H,4-10H2,1-3H3. The lowest BCUT2D eigenvalue weighted by Gasteiger charge is -2.37. The Morgan fingerprint density at radius 3 is 2.00 bits per heavy atom. The van der Waals surface area contributed by atoms with Crippen molar-refractivity contribution in [2.45, 2.75) is 71.5 Å². The molecular weight excluding hydrogens is 239 g/mol. The SMILES string of the molecule is CC(C)(C)C1CCC(NCCCC(F)(F)F)CC1. The molecule has 1 aliphatic rings. The van der Waals surface area contributed by atoms with E-state index in [1.165, 1.54) is 12.8 Å². The summed E-state index contributed by atoms with van der Waals surface area (Å²) in [5, 5.41) is 3.27. The maximum Gasteiger partial charge on any atom is 0.389 e. The number of alkyl halides is 3. The zero-order chi connectivity index (χ0) is 13.8. The zero-order valence-electron chi connectivity index (χ0n) is 11.7. The third-order valence-corrected chi connectivity index (χ3v) is 4.02. The van der Waals surface area contributed by atoms with Crippen LogP contribution in [-0.2, 0) is 0 Å². The fourth-order valence-electron chi connectivity index (χ4n) is 2.76. The number of hydrogen-bond acceptors (Lipinski definition) is 1. The van der Waals surface area contributed by atoms with Crippen molar-refractivity contribution in [3.05, 3.63) is 0 Å². The van der Waals surface area contributed by atoms with Gasteiger partial charge in [-0.2, -0.15) is 13.2 Å². The molecular formula is C14H26F3N. The first-order valence-corrected chi connectivity index (χ1v) is 6.98. The van der Waals surface area contributed by atoms with Crippen molar-refractivity contribution in [3.63, 3.8) is 0 Å². The molecule has 1 saturated carbocycles. The van der Waals surface area contributed by atoms with Crippen molar-refractivity contribution in [1.82, 2.24) is 5.32 Å². The molecule has 0 aliphatic heterocycles. The minimum Gasteiger partial charge on any atom is -0.314 e. The van der Waals surface area contributed by atoms with Crippen LogP contribution in [0.1, 0.15) is 59.3 Å². The molecule has 1 rings (SSSR count). The van der Waals surface area contributed by atoms with E-state index in [0.717, 1.165) is 18.8 Å². The molecule has 18 heavy (non-hydrogen) atoms. The van der Waals surface area contributed by atoms with E-state index in [1.54, 1.807) is 0 Å². The van der Waals surface area contributed by atoms with E-state index >= 15 is 0 Å². The summed E-state index contributed by atoms with van der Waals surface area (Å²) in [6.07, 6.45) is 0.119. The van der Waals surface area contributed by atoms with Crippen molar-refractivity contribution in [3.8, 4) is 0 Å². The van der Waals surface area contributed by atoms with Gasteiger partial charge >= 0.3 is 6.18 Å². The van der Waals surface area contributed by atoms with Gasteiger partial charge in [0, 0.05) is 12.5 Å². The molecule has 0 spiro atoms. The third kappa shape index (κ3) is 6.07. The van der Waals surface area contributed by atoms with E-state index in [2.05, 4.69) is 26.1 Å². The molecule has 0 aromatic rings. The number of hydrogen-bond donors (Lipinski definition) is 1. The molecule has 0 amide bonds. The molecule has 0 heterocycles. The first-order valence-electron chi connectivity index (χ1n) is 6.98. The van der Waals surface area contributed by atoms with E-state index in [1.807, 2.05) is 0 Å². The van der Waals surface area contributed by atoms with Gasteiger partial charge < -0.3 is 5.32 Å². The minimum atomic E-state index is -4.01. The quantitative estimate of drug-likeness (QED) is 0.737. The van der Waals surface area contributed by atoms with Crippen LogP contribution in [0.2, 0.25) is 0 Å². The van der Waals surface area contributed by atoms with Crippen LogP contribution >= 0.6 is 0 Å². The summed E-state index contributed by atoms with van der Waals surface area (Å²) in [6, 6.07) is 0.428. The second-order valence-corrected chi connectivity index (χ2v) is 6.59. The maximum atomic E-state index is 12.0. The minimum absolute atomic E-state index is 0.197. The van der Waals surface area contributed by atoms with Crippen LogP contribution < -0.4 is 5.32 Å². The lowest BCUT2D eigenvalue weighted by Crippen LogP contribution is -2.36. The Hall–Kier alpha value is -0.250. The summed E-state index contributed by atoms with van der Waals surface area (Å²) in [7, 11) is 0. The highest BCUT2D eigenvalue weighted by atomic mass is 19.4. The topological polar surface area (TPSA) is 12.0 Å². The molecule has 0 aromatic carbocycles. The molecule has 0 bridgehead atoms. The van der Waals surface area contributed by atoms with Crippen LogP contribution in [0.3, 0.4) is 0 Å². The Balaban J connectivity index is 2.13. The molecule has 1 N–H and O–H groups in total. The zero-order valence-corrected chi connectivity index (χ0v) is 11.7. The maximum absolute atomic E-state index is 12.0. The summed E-state index contributed by atoms with van der Waals surface area (Å²) in [4.78, 5) is 0. The molecule has 0 saturated heterocycles. The van der Waals surface area contributed by atoms with Crippen LogP contribution in [-0.4, -0.2) is 18.8 Å². The number of halogens is 3. The largest absolute Gasteiger partial charge is 0.389 e. The van der Waals surface area contributed by atoms with Crippen molar-refractivity contribution < 1.29 is 13.2 Å². The van der Waals surface area contributed by atoms with Gasteiger partial charge in [0.15, 0.2) is 0 Å². The summed E-state index contributed by atoms with van der Waals surface area (Å²) in [5.74, 6) is 0.755. The molecule has 108 valence electrons. The number of rotatable bonds is 4. The smallest absolute Gasteiger partial charge is 0.314 e. The van der Waals surface area contributed by atoms with Gasteiger partial charge in [0.1, 0.15) is 0 Å². The third-order valence-electron chi connectivity index (χ3n) is 4.02. The molecule has 1 aliphatic carbocycles. The highest BCUT2D eigenvalue weighted by Gasteiger charge is 2.30. The lowest BCUT2D eigenvalue weighted by molar-refractivity contribution is -0.135. The molecule has 0 atom stereocenters. The van der Waals surface area contributed by atoms with Gasteiger partial charge in [-0.1, -0.05) is 20.8 Å². The Morgan fingerprint density at radius 2 is 1.56 bits per heavy atom. The van der Waals surface area contributed by atoms with Gasteiger partial charge in [0.25, 0.3) is 0 Å². The van der Waals surface area contributed by atoms with Crippen molar-refractivity contribution in [2.24, 2.45) is 11.3 Å². The van der Waals surface area contributed by atoms with Crippen molar-refractivity contribution in [2.75, 3.05) is 6.54 Å². The molecule has 1 fully saturated rings. The molecule has 1 nitrogen and oxygen atoms in total. The summed E-state index contributed by atoms with van der Waals surface area (Å²) in [6.45, 7) is 7.31. The Labute approximate surface area is 109 Å². The second kappa shape index (κ2) is 6.27. The monoisotopic (exact) mass is 265 g/mol. The Morgan fingerprint density at radius 1 is 1.00 bits per heavy atom. The highest BCUT2D eigenvalue weighted by Crippen LogP contribution is 2.37. The van der Waals surface area contributed by atoms with Gasteiger partial charge in [0.05, 0.1) is 0 Å². The second-order valence-electron chi connectivity index (χ2n) is 6.59.